The molecule has 1 amide bonds. The van der Waals surface area contributed by atoms with Gasteiger partial charge in [0.2, 0.25) is 0 Å². The third-order valence-electron chi connectivity index (χ3n) is 6.74. The Hall–Kier alpha value is -2.98. The predicted molar refractivity (Wildman–Crippen MR) is 131 cm³/mol. The van der Waals surface area contributed by atoms with Crippen molar-refractivity contribution in [3.8, 4) is 0 Å². The summed E-state index contributed by atoms with van der Waals surface area (Å²) in [6, 6.07) is 25.2. The molecular weight excluding hydrogens is 394 g/mol. The Balaban J connectivity index is 1.42. The van der Waals surface area contributed by atoms with E-state index in [0.717, 1.165) is 36.3 Å². The van der Waals surface area contributed by atoms with Gasteiger partial charge in [-0.15, -0.1) is 0 Å². The summed E-state index contributed by atoms with van der Waals surface area (Å²) in [5, 5.41) is 9.09. The van der Waals surface area contributed by atoms with Gasteiger partial charge < -0.3 is 0 Å². The van der Waals surface area contributed by atoms with Crippen LogP contribution in [0.5, 0.6) is 0 Å². The lowest BCUT2D eigenvalue weighted by Gasteiger charge is -2.27. The Morgan fingerprint density at radius 3 is 2.28 bits per heavy atom. The lowest BCUT2D eigenvalue weighted by atomic mass is 9.97. The second-order valence-corrected chi connectivity index (χ2v) is 9.02. The van der Waals surface area contributed by atoms with Crippen LogP contribution in [0.3, 0.4) is 0 Å². The van der Waals surface area contributed by atoms with Crippen LogP contribution in [-0.4, -0.2) is 41.2 Å². The molecule has 3 aromatic rings. The van der Waals surface area contributed by atoms with Crippen LogP contribution in [0, 0.1) is 0 Å². The first kappa shape index (κ1) is 20.9. The highest BCUT2D eigenvalue weighted by Crippen LogP contribution is 2.33. The fourth-order valence-corrected chi connectivity index (χ4v) is 4.95. The lowest BCUT2D eigenvalue weighted by molar-refractivity contribution is -0.134. The molecule has 0 aromatic heterocycles. The smallest absolute Gasteiger partial charge is 0.257 e. The fraction of sp³-hybridized carbons (Fsp3) is 0.357. The van der Waals surface area contributed by atoms with Gasteiger partial charge in [0.25, 0.3) is 5.91 Å². The number of carbonyl (C=O) groups excluding carboxylic acids is 1. The summed E-state index contributed by atoms with van der Waals surface area (Å²) >= 11 is 0. The lowest BCUT2D eigenvalue weighted by Crippen LogP contribution is -2.39. The summed E-state index contributed by atoms with van der Waals surface area (Å²) in [5.74, 6) is 0.107. The summed E-state index contributed by atoms with van der Waals surface area (Å²) in [5.41, 5.74) is 3.24. The van der Waals surface area contributed by atoms with Gasteiger partial charge in [-0.2, -0.15) is 5.10 Å². The second-order valence-electron chi connectivity index (χ2n) is 9.02. The van der Waals surface area contributed by atoms with Crippen LogP contribution in [0.4, 0.5) is 0 Å². The average molecular weight is 426 g/mol. The number of hydrazone groups is 1. The van der Waals surface area contributed by atoms with Gasteiger partial charge in [-0.3, -0.25) is 9.69 Å². The third-order valence-corrected chi connectivity index (χ3v) is 6.74. The van der Waals surface area contributed by atoms with E-state index in [4.69, 9.17) is 5.10 Å². The summed E-state index contributed by atoms with van der Waals surface area (Å²) in [6.45, 7) is 2.48. The zero-order valence-electron chi connectivity index (χ0n) is 18.6. The van der Waals surface area contributed by atoms with Gasteiger partial charge in [-0.05, 0) is 53.9 Å². The van der Waals surface area contributed by atoms with E-state index in [0.29, 0.717) is 6.54 Å². The van der Waals surface area contributed by atoms with Gasteiger partial charge in [0.15, 0.2) is 0 Å². The standard InChI is InChI=1S/C28H31N3O/c32-28(21-30-17-9-2-1-3-10-18-30)31-27(23-12-5-4-6-13-23)20-26(29-31)25-16-15-22-11-7-8-14-24(22)19-25/h4-8,11-16,19,27H,1-3,9-10,17-18,20-21H2/t27-/m1/s1. The number of carbonyl (C=O) groups is 1. The van der Waals surface area contributed by atoms with E-state index in [1.165, 1.54) is 42.9 Å². The van der Waals surface area contributed by atoms with Crippen LogP contribution in [0.25, 0.3) is 10.8 Å². The van der Waals surface area contributed by atoms with E-state index >= 15 is 0 Å². The Morgan fingerprint density at radius 1 is 0.812 bits per heavy atom. The summed E-state index contributed by atoms with van der Waals surface area (Å²) < 4.78 is 0. The molecule has 3 aromatic carbocycles. The number of hydrogen-bond acceptors (Lipinski definition) is 3. The molecule has 2 heterocycles. The van der Waals surface area contributed by atoms with Gasteiger partial charge in [0.1, 0.15) is 0 Å². The van der Waals surface area contributed by atoms with Crippen molar-refractivity contribution in [1.29, 1.82) is 0 Å². The molecule has 32 heavy (non-hydrogen) atoms. The number of benzene rings is 3. The fourth-order valence-electron chi connectivity index (χ4n) is 4.95. The minimum atomic E-state index is -0.0417. The SMILES string of the molecule is O=C(CN1CCCCCCC1)N1N=C(c2ccc3ccccc3c2)C[C@@H]1c1ccccc1. The van der Waals surface area contributed by atoms with Crippen molar-refractivity contribution in [3.63, 3.8) is 0 Å². The maximum atomic E-state index is 13.5. The van der Waals surface area contributed by atoms with E-state index in [1.807, 2.05) is 18.2 Å². The maximum absolute atomic E-state index is 13.5. The van der Waals surface area contributed by atoms with Crippen LogP contribution < -0.4 is 0 Å². The molecule has 1 fully saturated rings. The van der Waals surface area contributed by atoms with Crippen molar-refractivity contribution < 1.29 is 4.79 Å². The van der Waals surface area contributed by atoms with Crippen LogP contribution in [-0.2, 0) is 4.79 Å². The van der Waals surface area contributed by atoms with E-state index in [2.05, 4.69) is 59.5 Å². The molecule has 0 aliphatic carbocycles. The highest BCUT2D eigenvalue weighted by Gasteiger charge is 2.33. The first-order valence-corrected chi connectivity index (χ1v) is 11.9. The number of fused-ring (bicyclic) bond motifs is 1. The van der Waals surface area contributed by atoms with Crippen LogP contribution in [0.15, 0.2) is 77.9 Å². The number of likely N-dealkylation sites (tertiary alicyclic amines) is 1. The van der Waals surface area contributed by atoms with Crippen molar-refractivity contribution in [2.75, 3.05) is 19.6 Å². The van der Waals surface area contributed by atoms with Crippen molar-refractivity contribution in [2.24, 2.45) is 5.10 Å². The zero-order chi connectivity index (χ0) is 21.8. The normalized spacial score (nSPS) is 20.1. The van der Waals surface area contributed by atoms with E-state index in [1.54, 1.807) is 5.01 Å². The van der Waals surface area contributed by atoms with Gasteiger partial charge in [0, 0.05) is 6.42 Å². The molecule has 4 heteroatoms. The van der Waals surface area contributed by atoms with Crippen molar-refractivity contribution in [2.45, 2.75) is 44.6 Å². The summed E-state index contributed by atoms with van der Waals surface area (Å²) in [6.07, 6.45) is 6.97. The Bertz CT molecular complexity index is 1100. The Kier molecular flexibility index (Phi) is 6.31. The van der Waals surface area contributed by atoms with E-state index < -0.39 is 0 Å². The van der Waals surface area contributed by atoms with Gasteiger partial charge in [-0.1, -0.05) is 86.0 Å². The van der Waals surface area contributed by atoms with E-state index in [9.17, 15) is 4.79 Å². The van der Waals surface area contributed by atoms with E-state index in [-0.39, 0.29) is 11.9 Å². The molecule has 0 N–H and O–H groups in total. The highest BCUT2D eigenvalue weighted by molar-refractivity contribution is 6.05. The number of nitrogens with zero attached hydrogens (tertiary/aromatic N) is 3. The van der Waals surface area contributed by atoms with Crippen molar-refractivity contribution in [3.05, 3.63) is 83.9 Å². The molecule has 0 saturated carbocycles. The molecule has 0 unspecified atom stereocenters. The molecule has 0 spiro atoms. The molecule has 1 saturated heterocycles. The monoisotopic (exact) mass is 425 g/mol. The number of amides is 1. The average Bonchev–Trinajstić information content (AvgIpc) is 3.27. The van der Waals surface area contributed by atoms with Crippen molar-refractivity contribution >= 4 is 22.4 Å². The highest BCUT2D eigenvalue weighted by atomic mass is 16.2. The largest absolute Gasteiger partial charge is 0.294 e. The van der Waals surface area contributed by atoms with Crippen LogP contribution in [0.1, 0.15) is 55.7 Å². The first-order valence-electron chi connectivity index (χ1n) is 11.9. The first-order chi connectivity index (χ1) is 15.8. The summed E-state index contributed by atoms with van der Waals surface area (Å²) in [4.78, 5) is 15.8. The quantitative estimate of drug-likeness (QED) is 0.531. The number of hydrogen-bond donors (Lipinski definition) is 0. The minimum Gasteiger partial charge on any atom is -0.294 e. The van der Waals surface area contributed by atoms with Crippen LogP contribution >= 0.6 is 0 Å². The second kappa shape index (κ2) is 9.66. The molecule has 1 atom stereocenters. The molecule has 4 nitrogen and oxygen atoms in total. The molecule has 2 aliphatic rings. The van der Waals surface area contributed by atoms with Gasteiger partial charge in [-0.25, -0.2) is 5.01 Å². The molecule has 164 valence electrons. The molecule has 0 radical (unpaired) electrons. The molecular formula is C28H31N3O. The third kappa shape index (κ3) is 4.61. The molecule has 0 bridgehead atoms. The molecule has 2 aliphatic heterocycles. The van der Waals surface area contributed by atoms with Crippen molar-refractivity contribution in [1.82, 2.24) is 9.91 Å². The van der Waals surface area contributed by atoms with Gasteiger partial charge >= 0.3 is 0 Å². The zero-order valence-corrected chi connectivity index (χ0v) is 18.6. The number of rotatable bonds is 4. The maximum Gasteiger partial charge on any atom is 0.257 e. The topological polar surface area (TPSA) is 35.9 Å². The summed E-state index contributed by atoms with van der Waals surface area (Å²) in [7, 11) is 0. The Labute approximate surface area is 190 Å². The minimum absolute atomic E-state index is 0.0417. The van der Waals surface area contributed by atoms with Gasteiger partial charge in [0.05, 0.1) is 18.3 Å². The molecule has 5 rings (SSSR count). The van der Waals surface area contributed by atoms with Crippen LogP contribution in [0.2, 0.25) is 0 Å². The Morgan fingerprint density at radius 2 is 1.50 bits per heavy atom. The predicted octanol–water partition coefficient (Wildman–Crippen LogP) is 5.78.